The Labute approximate surface area is 137 Å². The molecule has 0 bridgehead atoms. The lowest BCUT2D eigenvalue weighted by molar-refractivity contribution is -0.119. The fourth-order valence-electron chi connectivity index (χ4n) is 1.99. The van der Waals surface area contributed by atoms with Gasteiger partial charge in [0.2, 0.25) is 0 Å². The zero-order valence-corrected chi connectivity index (χ0v) is 12.8. The van der Waals surface area contributed by atoms with Crippen LogP contribution >= 0.6 is 0 Å². The van der Waals surface area contributed by atoms with Crippen LogP contribution in [-0.2, 0) is 9.53 Å². The molecule has 0 aliphatic rings. The minimum Gasteiger partial charge on any atom is -0.508 e. The number of nitrogens with one attached hydrogen (secondary N) is 1. The van der Waals surface area contributed by atoms with Gasteiger partial charge in [-0.25, -0.2) is 4.79 Å². The predicted molar refractivity (Wildman–Crippen MR) is 85.1 cm³/mol. The van der Waals surface area contributed by atoms with E-state index in [2.05, 4.69) is 5.32 Å². The topological polar surface area (TPSA) is 113 Å². The highest BCUT2D eigenvalue weighted by molar-refractivity contribution is 6.04. The molecule has 2 aromatic rings. The van der Waals surface area contributed by atoms with Gasteiger partial charge in [-0.05, 0) is 31.2 Å². The minimum atomic E-state index is -0.914. The van der Waals surface area contributed by atoms with Gasteiger partial charge in [-0.2, -0.15) is 0 Å². The van der Waals surface area contributed by atoms with Gasteiger partial charge in [0.05, 0.1) is 5.69 Å². The Kier molecular flexibility index (Phi) is 5.16. The van der Waals surface area contributed by atoms with E-state index >= 15 is 0 Å². The summed E-state index contributed by atoms with van der Waals surface area (Å²) in [5.74, 6) is -2.42. The molecule has 124 valence electrons. The molecule has 1 amide bonds. The summed E-state index contributed by atoms with van der Waals surface area (Å²) in [6.07, 6.45) is 0. The SMILES string of the molecule is CC(=O)c1ccccc1NC(=O)COC(=O)c1ccc(O)cc1O. The molecule has 0 heterocycles. The number of ether oxygens (including phenoxy) is 1. The van der Waals surface area contributed by atoms with Gasteiger partial charge in [0.15, 0.2) is 12.4 Å². The van der Waals surface area contributed by atoms with E-state index in [1.54, 1.807) is 24.3 Å². The maximum atomic E-state index is 11.9. The van der Waals surface area contributed by atoms with Gasteiger partial charge in [-0.15, -0.1) is 0 Å². The summed E-state index contributed by atoms with van der Waals surface area (Å²) in [7, 11) is 0. The van der Waals surface area contributed by atoms with Gasteiger partial charge in [0, 0.05) is 11.6 Å². The summed E-state index contributed by atoms with van der Waals surface area (Å²) in [5, 5.41) is 21.2. The van der Waals surface area contributed by atoms with E-state index in [9.17, 15) is 19.5 Å². The highest BCUT2D eigenvalue weighted by Crippen LogP contribution is 2.23. The molecule has 0 unspecified atom stereocenters. The average Bonchev–Trinajstić information content (AvgIpc) is 2.53. The molecule has 0 aliphatic heterocycles. The van der Waals surface area contributed by atoms with Crippen LogP contribution in [0.4, 0.5) is 5.69 Å². The second-order valence-electron chi connectivity index (χ2n) is 4.93. The summed E-state index contributed by atoms with van der Waals surface area (Å²) in [6, 6.07) is 9.82. The molecule has 0 saturated heterocycles. The first-order valence-corrected chi connectivity index (χ1v) is 6.97. The third kappa shape index (κ3) is 4.10. The number of aromatic hydroxyl groups is 2. The van der Waals surface area contributed by atoms with E-state index < -0.39 is 24.2 Å². The average molecular weight is 329 g/mol. The number of phenolic OH excluding ortho intramolecular Hbond substituents is 2. The normalized spacial score (nSPS) is 10.0. The number of hydrogen-bond donors (Lipinski definition) is 3. The Bertz CT molecular complexity index is 799. The molecule has 2 rings (SSSR count). The number of benzene rings is 2. The van der Waals surface area contributed by atoms with Crippen molar-refractivity contribution in [3.05, 3.63) is 53.6 Å². The Morgan fingerprint density at radius 1 is 1.04 bits per heavy atom. The number of anilines is 1. The van der Waals surface area contributed by atoms with Gasteiger partial charge in [-0.1, -0.05) is 12.1 Å². The van der Waals surface area contributed by atoms with Crippen molar-refractivity contribution in [2.75, 3.05) is 11.9 Å². The Morgan fingerprint density at radius 3 is 2.42 bits per heavy atom. The fourth-order valence-corrected chi connectivity index (χ4v) is 1.99. The summed E-state index contributed by atoms with van der Waals surface area (Å²) < 4.78 is 4.81. The summed E-state index contributed by atoms with van der Waals surface area (Å²) in [6.45, 7) is 0.782. The van der Waals surface area contributed by atoms with Crippen molar-refractivity contribution < 1.29 is 29.3 Å². The summed E-state index contributed by atoms with van der Waals surface area (Å²) in [4.78, 5) is 35.1. The van der Waals surface area contributed by atoms with Crippen molar-refractivity contribution in [2.24, 2.45) is 0 Å². The predicted octanol–water partition coefficient (Wildman–Crippen LogP) is 2.10. The standard InChI is InChI=1S/C17H15NO6/c1-10(19)12-4-2-3-5-14(12)18-16(22)9-24-17(23)13-7-6-11(20)8-15(13)21/h2-8,20-21H,9H2,1H3,(H,18,22). The molecular formula is C17H15NO6. The first-order chi connectivity index (χ1) is 11.4. The zero-order chi connectivity index (χ0) is 17.7. The maximum Gasteiger partial charge on any atom is 0.342 e. The van der Waals surface area contributed by atoms with Crippen molar-refractivity contribution in [3.63, 3.8) is 0 Å². The molecule has 24 heavy (non-hydrogen) atoms. The quantitative estimate of drug-likeness (QED) is 0.572. The molecule has 2 aromatic carbocycles. The maximum absolute atomic E-state index is 11.9. The number of amides is 1. The highest BCUT2D eigenvalue weighted by atomic mass is 16.5. The van der Waals surface area contributed by atoms with Gasteiger partial charge < -0.3 is 20.3 Å². The number of carbonyl (C=O) groups is 3. The van der Waals surface area contributed by atoms with E-state index in [-0.39, 0.29) is 17.1 Å². The second-order valence-corrected chi connectivity index (χ2v) is 4.93. The largest absolute Gasteiger partial charge is 0.508 e. The number of phenols is 2. The molecule has 7 heteroatoms. The Morgan fingerprint density at radius 2 is 1.75 bits per heavy atom. The van der Waals surface area contributed by atoms with E-state index in [0.717, 1.165) is 6.07 Å². The van der Waals surface area contributed by atoms with Crippen LogP contribution in [0.3, 0.4) is 0 Å². The van der Waals surface area contributed by atoms with Crippen molar-refractivity contribution in [2.45, 2.75) is 6.92 Å². The van der Waals surface area contributed by atoms with Crippen LogP contribution in [-0.4, -0.2) is 34.5 Å². The number of carbonyl (C=O) groups excluding carboxylic acids is 3. The van der Waals surface area contributed by atoms with Gasteiger partial charge in [0.25, 0.3) is 5.91 Å². The van der Waals surface area contributed by atoms with E-state index in [1.807, 2.05) is 0 Å². The monoisotopic (exact) mass is 329 g/mol. The smallest absolute Gasteiger partial charge is 0.342 e. The van der Waals surface area contributed by atoms with Crippen molar-refractivity contribution in [1.29, 1.82) is 0 Å². The summed E-state index contributed by atoms with van der Waals surface area (Å²) in [5.41, 5.74) is 0.483. The number of Topliss-reactive ketones (excluding diaryl/α,β-unsaturated/α-hetero) is 1. The second kappa shape index (κ2) is 7.28. The Hall–Kier alpha value is -3.35. The minimum absolute atomic E-state index is 0.176. The van der Waals surface area contributed by atoms with Crippen LogP contribution in [0.2, 0.25) is 0 Å². The van der Waals surface area contributed by atoms with Gasteiger partial charge in [-0.3, -0.25) is 9.59 Å². The lowest BCUT2D eigenvalue weighted by atomic mass is 10.1. The number of para-hydroxylation sites is 1. The number of esters is 1. The van der Waals surface area contributed by atoms with Crippen LogP contribution < -0.4 is 5.32 Å². The van der Waals surface area contributed by atoms with Gasteiger partial charge >= 0.3 is 5.97 Å². The lowest BCUT2D eigenvalue weighted by Gasteiger charge is -2.10. The van der Waals surface area contributed by atoms with E-state index in [4.69, 9.17) is 9.84 Å². The van der Waals surface area contributed by atoms with Gasteiger partial charge in [0.1, 0.15) is 17.1 Å². The molecule has 3 N–H and O–H groups in total. The molecule has 0 atom stereocenters. The molecule has 0 aromatic heterocycles. The molecule has 0 fully saturated rings. The highest BCUT2D eigenvalue weighted by Gasteiger charge is 2.16. The Balaban J connectivity index is 1.99. The van der Waals surface area contributed by atoms with E-state index in [0.29, 0.717) is 11.3 Å². The fraction of sp³-hybridized carbons (Fsp3) is 0.118. The lowest BCUT2D eigenvalue weighted by Crippen LogP contribution is -2.22. The third-order valence-corrected chi connectivity index (χ3v) is 3.12. The first-order valence-electron chi connectivity index (χ1n) is 6.97. The zero-order valence-electron chi connectivity index (χ0n) is 12.8. The molecule has 0 spiro atoms. The van der Waals surface area contributed by atoms with E-state index in [1.165, 1.54) is 19.1 Å². The van der Waals surface area contributed by atoms with Crippen molar-refractivity contribution >= 4 is 23.3 Å². The van der Waals surface area contributed by atoms with Crippen LogP contribution in [0, 0.1) is 0 Å². The third-order valence-electron chi connectivity index (χ3n) is 3.12. The number of ketones is 1. The molecular weight excluding hydrogens is 314 g/mol. The van der Waals surface area contributed by atoms with Crippen LogP contribution in [0.1, 0.15) is 27.6 Å². The van der Waals surface area contributed by atoms with Crippen LogP contribution in [0.25, 0.3) is 0 Å². The molecule has 0 saturated carbocycles. The van der Waals surface area contributed by atoms with Crippen molar-refractivity contribution in [3.8, 4) is 11.5 Å². The molecule has 0 aliphatic carbocycles. The van der Waals surface area contributed by atoms with Crippen LogP contribution in [0.5, 0.6) is 11.5 Å². The first kappa shape index (κ1) is 17.0. The van der Waals surface area contributed by atoms with Crippen LogP contribution in [0.15, 0.2) is 42.5 Å². The number of rotatable bonds is 5. The summed E-state index contributed by atoms with van der Waals surface area (Å²) >= 11 is 0. The molecule has 7 nitrogen and oxygen atoms in total. The number of hydrogen-bond acceptors (Lipinski definition) is 6. The molecule has 0 radical (unpaired) electrons. The van der Waals surface area contributed by atoms with Crippen molar-refractivity contribution in [1.82, 2.24) is 0 Å².